The summed E-state index contributed by atoms with van der Waals surface area (Å²) < 4.78 is 53.1. The van der Waals surface area contributed by atoms with Gasteiger partial charge in [-0.3, -0.25) is 0 Å². The molecule has 0 saturated carbocycles. The highest BCUT2D eigenvalue weighted by Crippen LogP contribution is 2.22. The zero-order chi connectivity index (χ0) is 15.6. The van der Waals surface area contributed by atoms with Crippen molar-refractivity contribution < 1.29 is 22.3 Å². The first kappa shape index (κ1) is 17.0. The monoisotopic (exact) mass is 307 g/mol. The van der Waals surface area contributed by atoms with Gasteiger partial charge in [-0.15, -0.1) is 0 Å². The maximum atomic E-state index is 13.6. The van der Waals surface area contributed by atoms with Crippen LogP contribution in [0.4, 0.5) is 8.78 Å². The summed E-state index contributed by atoms with van der Waals surface area (Å²) in [6.45, 7) is 4.89. The number of aliphatic hydroxyl groups excluding tert-OH is 1. The first-order valence-corrected chi connectivity index (χ1v) is 7.63. The van der Waals surface area contributed by atoms with Gasteiger partial charge in [-0.2, -0.15) is 0 Å². The minimum Gasteiger partial charge on any atom is -0.396 e. The van der Waals surface area contributed by atoms with Crippen molar-refractivity contribution in [3.05, 3.63) is 29.3 Å². The van der Waals surface area contributed by atoms with Gasteiger partial charge in [0.25, 0.3) is 0 Å². The number of aryl methyl sites for hydroxylation is 1. The van der Waals surface area contributed by atoms with Crippen molar-refractivity contribution in [3.8, 4) is 0 Å². The number of rotatable bonds is 6. The topological polar surface area (TPSA) is 66.4 Å². The van der Waals surface area contributed by atoms with E-state index in [2.05, 4.69) is 4.72 Å². The van der Waals surface area contributed by atoms with E-state index in [0.29, 0.717) is 12.5 Å². The molecule has 0 atom stereocenters. The average molecular weight is 307 g/mol. The Morgan fingerprint density at radius 1 is 1.25 bits per heavy atom. The number of hydrogen-bond donors (Lipinski definition) is 2. The van der Waals surface area contributed by atoms with Crippen molar-refractivity contribution in [1.29, 1.82) is 0 Å². The van der Waals surface area contributed by atoms with Crippen LogP contribution in [0.1, 0.15) is 25.8 Å². The van der Waals surface area contributed by atoms with Gasteiger partial charge in [-0.1, -0.05) is 13.8 Å². The second-order valence-corrected chi connectivity index (χ2v) is 7.23. The van der Waals surface area contributed by atoms with Crippen LogP contribution in [0, 0.1) is 24.0 Å². The van der Waals surface area contributed by atoms with Crippen molar-refractivity contribution >= 4 is 10.0 Å². The number of nitrogens with one attached hydrogen (secondary N) is 1. The van der Waals surface area contributed by atoms with E-state index in [4.69, 9.17) is 5.11 Å². The molecule has 114 valence electrons. The minimum absolute atomic E-state index is 0.0474. The smallest absolute Gasteiger partial charge is 0.243 e. The summed E-state index contributed by atoms with van der Waals surface area (Å²) in [5.41, 5.74) is -0.408. The lowest BCUT2D eigenvalue weighted by Crippen LogP contribution is -2.35. The van der Waals surface area contributed by atoms with Crippen LogP contribution in [0.3, 0.4) is 0 Å². The van der Waals surface area contributed by atoms with Gasteiger partial charge in [0, 0.05) is 19.2 Å². The second-order valence-electron chi connectivity index (χ2n) is 5.49. The van der Waals surface area contributed by atoms with Crippen LogP contribution in [0.15, 0.2) is 17.0 Å². The molecule has 1 aromatic carbocycles. The molecular formula is C13H19F2NO3S. The molecule has 0 unspecified atom stereocenters. The van der Waals surface area contributed by atoms with Crippen molar-refractivity contribution in [2.24, 2.45) is 5.41 Å². The van der Waals surface area contributed by atoms with Gasteiger partial charge < -0.3 is 5.11 Å². The summed E-state index contributed by atoms with van der Waals surface area (Å²) in [5, 5.41) is 8.88. The molecular weight excluding hydrogens is 288 g/mol. The summed E-state index contributed by atoms with van der Waals surface area (Å²) >= 11 is 0. The van der Waals surface area contributed by atoms with Gasteiger partial charge in [0.2, 0.25) is 10.0 Å². The second kappa shape index (κ2) is 6.15. The average Bonchev–Trinajstić information content (AvgIpc) is 2.31. The Bertz CT molecular complexity index is 586. The van der Waals surface area contributed by atoms with Crippen LogP contribution in [0.25, 0.3) is 0 Å². The summed E-state index contributed by atoms with van der Waals surface area (Å²) in [5.74, 6) is -1.91. The number of sulfonamides is 1. The first-order chi connectivity index (χ1) is 9.09. The number of hydrogen-bond acceptors (Lipinski definition) is 3. The zero-order valence-corrected chi connectivity index (χ0v) is 12.5. The molecule has 1 rings (SSSR count). The molecule has 0 saturated heterocycles. The molecule has 0 radical (unpaired) electrons. The molecule has 0 heterocycles. The Morgan fingerprint density at radius 2 is 1.85 bits per heavy atom. The highest BCUT2D eigenvalue weighted by atomic mass is 32.2. The lowest BCUT2D eigenvalue weighted by Gasteiger charge is -2.23. The lowest BCUT2D eigenvalue weighted by molar-refractivity contribution is 0.213. The van der Waals surface area contributed by atoms with Crippen molar-refractivity contribution in [2.75, 3.05) is 13.2 Å². The summed E-state index contributed by atoms with van der Waals surface area (Å²) in [4.78, 5) is -0.573. The lowest BCUT2D eigenvalue weighted by atomic mass is 9.90. The molecule has 4 nitrogen and oxygen atoms in total. The SMILES string of the molecule is Cc1cc(S(=O)(=O)NCC(C)(C)CCO)c(F)cc1F. The van der Waals surface area contributed by atoms with E-state index in [1.54, 1.807) is 13.8 Å². The van der Waals surface area contributed by atoms with Crippen LogP contribution in [-0.2, 0) is 10.0 Å². The number of benzene rings is 1. The summed E-state index contributed by atoms with van der Waals surface area (Å²) in [7, 11) is -4.06. The molecule has 7 heteroatoms. The molecule has 2 N–H and O–H groups in total. The van der Waals surface area contributed by atoms with E-state index in [9.17, 15) is 17.2 Å². The molecule has 0 aromatic heterocycles. The van der Waals surface area contributed by atoms with Crippen LogP contribution >= 0.6 is 0 Å². The molecule has 0 fully saturated rings. The van der Waals surface area contributed by atoms with Crippen LogP contribution < -0.4 is 4.72 Å². The van der Waals surface area contributed by atoms with Crippen LogP contribution in [0.5, 0.6) is 0 Å². The van der Waals surface area contributed by atoms with Gasteiger partial charge in [0.1, 0.15) is 16.5 Å². The largest absolute Gasteiger partial charge is 0.396 e. The normalized spacial score (nSPS) is 12.7. The molecule has 20 heavy (non-hydrogen) atoms. The molecule has 0 aliphatic carbocycles. The number of halogens is 2. The summed E-state index contributed by atoms with van der Waals surface area (Å²) in [6.07, 6.45) is 0.403. The van der Waals surface area contributed by atoms with E-state index < -0.39 is 32.0 Å². The molecule has 0 bridgehead atoms. The first-order valence-electron chi connectivity index (χ1n) is 6.15. The van der Waals surface area contributed by atoms with E-state index in [1.165, 1.54) is 6.92 Å². The molecule has 0 aliphatic rings. The fourth-order valence-electron chi connectivity index (χ4n) is 1.60. The highest BCUT2D eigenvalue weighted by molar-refractivity contribution is 7.89. The maximum Gasteiger partial charge on any atom is 0.243 e. The standard InChI is InChI=1S/C13H19F2NO3S/c1-9-6-12(11(15)7-10(9)14)20(18,19)16-8-13(2,3)4-5-17/h6-7,16-17H,4-5,8H2,1-3H3. The van der Waals surface area contributed by atoms with Crippen LogP contribution in [0.2, 0.25) is 0 Å². The third kappa shape index (κ3) is 4.22. The fraction of sp³-hybridized carbons (Fsp3) is 0.538. The van der Waals surface area contributed by atoms with Crippen LogP contribution in [-0.4, -0.2) is 26.7 Å². The van der Waals surface area contributed by atoms with Gasteiger partial charge in [-0.25, -0.2) is 21.9 Å². The van der Waals surface area contributed by atoms with E-state index in [1.807, 2.05) is 0 Å². The zero-order valence-electron chi connectivity index (χ0n) is 11.7. The van der Waals surface area contributed by atoms with E-state index in [0.717, 1.165) is 6.07 Å². The van der Waals surface area contributed by atoms with Crippen molar-refractivity contribution in [3.63, 3.8) is 0 Å². The van der Waals surface area contributed by atoms with E-state index >= 15 is 0 Å². The predicted molar refractivity (Wildman–Crippen MR) is 71.8 cm³/mol. The quantitative estimate of drug-likeness (QED) is 0.844. The molecule has 0 amide bonds. The third-order valence-corrected chi connectivity index (χ3v) is 4.45. The highest BCUT2D eigenvalue weighted by Gasteiger charge is 2.25. The Labute approximate surface area is 117 Å². The third-order valence-electron chi connectivity index (χ3n) is 3.03. The predicted octanol–water partition coefficient (Wildman–Crippen LogP) is 1.96. The fourth-order valence-corrected chi connectivity index (χ4v) is 2.98. The minimum atomic E-state index is -4.06. The van der Waals surface area contributed by atoms with Crippen molar-refractivity contribution in [1.82, 2.24) is 4.72 Å². The maximum absolute atomic E-state index is 13.6. The molecule has 0 aliphatic heterocycles. The van der Waals surface area contributed by atoms with Gasteiger partial charge in [-0.05, 0) is 30.4 Å². The van der Waals surface area contributed by atoms with Gasteiger partial charge in [0.05, 0.1) is 0 Å². The van der Waals surface area contributed by atoms with E-state index in [-0.39, 0.29) is 18.7 Å². The Morgan fingerprint density at radius 3 is 2.40 bits per heavy atom. The van der Waals surface area contributed by atoms with Gasteiger partial charge in [0.15, 0.2) is 0 Å². The molecule has 1 aromatic rings. The molecule has 0 spiro atoms. The Balaban J connectivity index is 2.98. The van der Waals surface area contributed by atoms with Gasteiger partial charge >= 0.3 is 0 Å². The number of aliphatic hydroxyl groups is 1. The summed E-state index contributed by atoms with van der Waals surface area (Å²) in [6, 6.07) is 1.52. The Hall–Kier alpha value is -1.05. The Kier molecular flexibility index (Phi) is 5.23. The van der Waals surface area contributed by atoms with Crippen molar-refractivity contribution in [2.45, 2.75) is 32.1 Å².